The number of aromatic nitrogens is 3. The van der Waals surface area contributed by atoms with Crippen molar-refractivity contribution in [2.75, 3.05) is 0 Å². The van der Waals surface area contributed by atoms with Crippen LogP contribution in [0, 0.1) is 0 Å². The summed E-state index contributed by atoms with van der Waals surface area (Å²) in [5, 5.41) is 3.46. The van der Waals surface area contributed by atoms with Crippen LogP contribution in [-0.2, 0) is 0 Å². The molecular formula is C51H31N3OS. The Morgan fingerprint density at radius 1 is 0.429 bits per heavy atom. The van der Waals surface area contributed by atoms with Crippen molar-refractivity contribution in [1.82, 2.24) is 15.0 Å². The molecule has 0 radical (unpaired) electrons. The molecule has 56 heavy (non-hydrogen) atoms. The summed E-state index contributed by atoms with van der Waals surface area (Å²) in [4.78, 5) is 13.9. The summed E-state index contributed by atoms with van der Waals surface area (Å²) < 4.78 is 130. The van der Waals surface area contributed by atoms with E-state index in [2.05, 4.69) is 41.4 Å². The van der Waals surface area contributed by atoms with Gasteiger partial charge in [-0.3, -0.25) is 0 Å². The summed E-state index contributed by atoms with van der Waals surface area (Å²) in [5.41, 5.74) is 3.32. The molecule has 0 saturated carbocycles. The van der Waals surface area contributed by atoms with Crippen molar-refractivity contribution in [2.24, 2.45) is 0 Å². The maximum atomic E-state index is 9.43. The monoisotopic (exact) mass is 747 g/mol. The van der Waals surface area contributed by atoms with Gasteiger partial charge in [-0.2, -0.15) is 0 Å². The zero-order valence-electron chi connectivity index (χ0n) is 43.0. The van der Waals surface area contributed by atoms with Crippen LogP contribution in [-0.4, -0.2) is 15.0 Å². The van der Waals surface area contributed by atoms with Crippen LogP contribution in [0.3, 0.4) is 0 Å². The van der Waals surface area contributed by atoms with Gasteiger partial charge in [0.05, 0.1) is 19.2 Å². The first-order chi connectivity index (χ1) is 33.6. The average molecular weight is 748 g/mol. The molecule has 0 N–H and O–H groups in total. The minimum Gasteiger partial charge on any atom is -0.456 e. The Balaban J connectivity index is 1.15. The largest absolute Gasteiger partial charge is 0.456 e. The number of nitrogens with zero attached hydrogens (tertiary/aromatic N) is 3. The lowest BCUT2D eigenvalue weighted by Crippen LogP contribution is -2.00. The van der Waals surface area contributed by atoms with Crippen molar-refractivity contribution >= 4 is 53.4 Å². The Hall–Kier alpha value is -7.21. The highest BCUT2D eigenvalue weighted by Gasteiger charge is 2.20. The van der Waals surface area contributed by atoms with Crippen LogP contribution in [0.4, 0.5) is 0 Å². The highest BCUT2D eigenvalue weighted by Crippen LogP contribution is 2.46. The van der Waals surface area contributed by atoms with Crippen molar-refractivity contribution in [3.63, 3.8) is 0 Å². The minimum absolute atomic E-state index is 0.141. The second-order valence-corrected chi connectivity index (χ2v) is 13.9. The molecule has 0 atom stereocenters. The van der Waals surface area contributed by atoms with Crippen LogP contribution in [0.1, 0.15) is 19.2 Å². The van der Waals surface area contributed by atoms with Crippen LogP contribution >= 0.6 is 11.3 Å². The number of hydrogen-bond donors (Lipinski definition) is 0. The summed E-state index contributed by atoms with van der Waals surface area (Å²) in [6.07, 6.45) is 0. The molecule has 0 bridgehead atoms. The highest BCUT2D eigenvalue weighted by atomic mass is 32.1. The second-order valence-electron chi connectivity index (χ2n) is 12.9. The van der Waals surface area contributed by atoms with E-state index >= 15 is 0 Å². The fraction of sp³-hybridized carbons (Fsp3) is 0. The first-order valence-corrected chi connectivity index (χ1v) is 18.4. The topological polar surface area (TPSA) is 51.8 Å². The first-order valence-electron chi connectivity index (χ1n) is 24.5. The number of thiophene rings is 1. The van der Waals surface area contributed by atoms with Gasteiger partial charge in [0.25, 0.3) is 0 Å². The van der Waals surface area contributed by atoms with Gasteiger partial charge < -0.3 is 4.42 Å². The number of fused-ring (bicyclic) bond motifs is 6. The quantitative estimate of drug-likeness (QED) is 0.170. The van der Waals surface area contributed by atoms with E-state index in [9.17, 15) is 1.37 Å². The predicted octanol–water partition coefficient (Wildman–Crippen LogP) is 14.1. The summed E-state index contributed by atoms with van der Waals surface area (Å²) >= 11 is 1.71. The van der Waals surface area contributed by atoms with E-state index in [1.165, 1.54) is 0 Å². The number of furan rings is 1. The van der Waals surface area contributed by atoms with Crippen LogP contribution in [0.5, 0.6) is 0 Å². The Morgan fingerprint density at radius 2 is 1.12 bits per heavy atom. The number of rotatable bonds is 6. The SMILES string of the molecule is [2H]c1c([2H])c([2H])c(-c2nc(-c3c([2H])c([2H])c([2H])c(-c4c([2H])c([2H])c([2H])c([2H])c4[2H])c3[2H])nc(-c3cccc4oc5cc(-c6ccc(-c7ccccc7)c7c6sc6ccccc67)ccc5c34)n2)c([2H])c1[2H]. The van der Waals surface area contributed by atoms with E-state index in [-0.39, 0.29) is 5.82 Å². The summed E-state index contributed by atoms with van der Waals surface area (Å²) in [6, 6.07) is 23.8. The summed E-state index contributed by atoms with van der Waals surface area (Å²) in [5.74, 6) is -1.07. The Morgan fingerprint density at radius 3 is 1.96 bits per heavy atom. The van der Waals surface area contributed by atoms with Crippen molar-refractivity contribution < 1.29 is 23.6 Å². The summed E-state index contributed by atoms with van der Waals surface area (Å²) in [7, 11) is 0. The van der Waals surface area contributed by atoms with Crippen molar-refractivity contribution in [2.45, 2.75) is 0 Å². The molecule has 0 aliphatic carbocycles. The molecular weight excluding hydrogens is 703 g/mol. The number of hydrogen-bond acceptors (Lipinski definition) is 5. The first kappa shape index (κ1) is 21.0. The number of benzene rings is 8. The fourth-order valence-corrected chi connectivity index (χ4v) is 8.40. The lowest BCUT2D eigenvalue weighted by Gasteiger charge is -2.10. The zero-order valence-corrected chi connectivity index (χ0v) is 29.8. The maximum Gasteiger partial charge on any atom is 0.164 e. The van der Waals surface area contributed by atoms with Crippen molar-refractivity contribution in [1.29, 1.82) is 0 Å². The van der Waals surface area contributed by atoms with E-state index in [0.29, 0.717) is 27.5 Å². The van der Waals surface area contributed by atoms with Gasteiger partial charge in [-0.25, -0.2) is 15.0 Å². The van der Waals surface area contributed by atoms with Gasteiger partial charge in [-0.05, 0) is 63.7 Å². The smallest absolute Gasteiger partial charge is 0.164 e. The average Bonchev–Trinajstić information content (AvgIpc) is 3.95. The van der Waals surface area contributed by atoms with Gasteiger partial charge in [0.2, 0.25) is 0 Å². The lowest BCUT2D eigenvalue weighted by molar-refractivity contribution is 0.669. The van der Waals surface area contributed by atoms with Gasteiger partial charge in [0.1, 0.15) is 11.2 Å². The van der Waals surface area contributed by atoms with Crippen LogP contribution in [0.15, 0.2) is 192 Å². The fourth-order valence-electron chi connectivity index (χ4n) is 7.13. The Bertz CT molecular complexity index is 4020. The molecule has 11 aromatic rings. The molecule has 0 fully saturated rings. The predicted molar refractivity (Wildman–Crippen MR) is 233 cm³/mol. The Kier molecular flexibility index (Phi) is 4.98. The molecule has 262 valence electrons. The van der Waals surface area contributed by atoms with E-state index in [0.717, 1.165) is 42.4 Å². The van der Waals surface area contributed by atoms with Gasteiger partial charge in [-0.1, -0.05) is 157 Å². The molecule has 11 rings (SSSR count). The molecule has 3 aromatic heterocycles. The van der Waals surface area contributed by atoms with E-state index in [1.54, 1.807) is 29.5 Å². The van der Waals surface area contributed by atoms with Gasteiger partial charge >= 0.3 is 0 Å². The molecule has 0 saturated heterocycles. The molecule has 0 unspecified atom stereocenters. The lowest BCUT2D eigenvalue weighted by atomic mass is 9.94. The standard InChI is InChI=1S/C51H31N3OS/c1-4-14-32(15-5-1)35-20-12-21-37(30-35)50-52-49(34-18-8-3-9-19-34)53-51(54-50)42-23-13-24-43-46(42)40-27-26-36(31-44(40)55-43)39-29-28-38(33-16-6-2-7-17-33)47-41-22-10-11-25-45(41)56-48(39)47/h1-31H/i1D,3D,4D,5D,8D,9D,12D,14D,15D,18D,19D,20D,21D,30D. The van der Waals surface area contributed by atoms with E-state index < -0.39 is 118 Å². The van der Waals surface area contributed by atoms with Gasteiger partial charge in [0, 0.05) is 47.6 Å². The van der Waals surface area contributed by atoms with E-state index in [1.807, 2.05) is 48.5 Å². The van der Waals surface area contributed by atoms with E-state index in [4.69, 9.17) is 32.2 Å². The molecule has 0 amide bonds. The van der Waals surface area contributed by atoms with Crippen molar-refractivity contribution in [3.8, 4) is 67.5 Å². The van der Waals surface area contributed by atoms with Crippen LogP contribution < -0.4 is 0 Å². The molecule has 0 aliphatic heterocycles. The third-order valence-corrected chi connectivity index (χ3v) is 10.8. The second kappa shape index (κ2) is 13.3. The highest BCUT2D eigenvalue weighted by molar-refractivity contribution is 7.26. The zero-order chi connectivity index (χ0) is 49.2. The van der Waals surface area contributed by atoms with Crippen molar-refractivity contribution in [3.05, 3.63) is 188 Å². The molecule has 4 nitrogen and oxygen atoms in total. The van der Waals surface area contributed by atoms with Gasteiger partial charge in [-0.15, -0.1) is 11.3 Å². The third kappa shape index (κ3) is 5.48. The maximum absolute atomic E-state index is 9.43. The molecule has 5 heteroatoms. The molecule has 0 spiro atoms. The van der Waals surface area contributed by atoms with Gasteiger partial charge in [0.15, 0.2) is 17.5 Å². The molecule has 3 heterocycles. The molecule has 0 aliphatic rings. The molecule has 8 aromatic carbocycles. The minimum atomic E-state index is -0.777. The summed E-state index contributed by atoms with van der Waals surface area (Å²) in [6.45, 7) is 0. The third-order valence-electron chi connectivity index (χ3n) is 9.62. The normalized spacial score (nSPS) is 15.1. The van der Waals surface area contributed by atoms with Crippen LogP contribution in [0.2, 0.25) is 0 Å². The Labute approximate surface area is 346 Å². The van der Waals surface area contributed by atoms with Crippen LogP contribution in [0.25, 0.3) is 110 Å².